The van der Waals surface area contributed by atoms with E-state index >= 15 is 0 Å². The molecule has 4 heteroatoms. The molecule has 17 heavy (non-hydrogen) atoms. The summed E-state index contributed by atoms with van der Waals surface area (Å²) in [6, 6.07) is 3.21. The Balaban J connectivity index is 2.23. The highest BCUT2D eigenvalue weighted by atomic mass is 16.4. The molecule has 0 aromatic carbocycles. The molecule has 0 bridgehead atoms. The first kappa shape index (κ1) is 11.9. The van der Waals surface area contributed by atoms with Crippen molar-refractivity contribution in [2.75, 3.05) is 5.32 Å². The Bertz CT molecular complexity index is 434. The zero-order chi connectivity index (χ0) is 12.5. The van der Waals surface area contributed by atoms with Crippen molar-refractivity contribution in [3.63, 3.8) is 0 Å². The van der Waals surface area contributed by atoms with Gasteiger partial charge >= 0.3 is 5.97 Å². The van der Waals surface area contributed by atoms with Crippen molar-refractivity contribution >= 4 is 11.8 Å². The van der Waals surface area contributed by atoms with Crippen molar-refractivity contribution in [2.45, 2.75) is 45.1 Å². The summed E-state index contributed by atoms with van der Waals surface area (Å²) in [5.74, 6) is -0.221. The smallest absolute Gasteiger partial charge is 0.335 e. The molecule has 1 aliphatic rings. The molecule has 1 heterocycles. The SMILES string of the molecule is CCC1(Nc2cc(C(=O)O)cc(C)n2)CCC1. The quantitative estimate of drug-likeness (QED) is 0.841. The van der Waals surface area contributed by atoms with Crippen molar-refractivity contribution in [2.24, 2.45) is 0 Å². The Morgan fingerprint density at radius 2 is 2.24 bits per heavy atom. The van der Waals surface area contributed by atoms with Gasteiger partial charge in [-0.2, -0.15) is 0 Å². The molecule has 0 saturated heterocycles. The second kappa shape index (κ2) is 4.35. The zero-order valence-corrected chi connectivity index (χ0v) is 10.3. The highest BCUT2D eigenvalue weighted by Crippen LogP contribution is 2.37. The number of aromatic carboxylic acids is 1. The average molecular weight is 234 g/mol. The van der Waals surface area contributed by atoms with E-state index in [2.05, 4.69) is 17.2 Å². The van der Waals surface area contributed by atoms with Gasteiger partial charge in [-0.15, -0.1) is 0 Å². The number of rotatable bonds is 4. The van der Waals surface area contributed by atoms with E-state index in [4.69, 9.17) is 5.11 Å². The normalized spacial score (nSPS) is 17.3. The lowest BCUT2D eigenvalue weighted by molar-refractivity contribution is 0.0696. The fraction of sp³-hybridized carbons (Fsp3) is 0.538. The summed E-state index contributed by atoms with van der Waals surface area (Å²) in [5.41, 5.74) is 1.17. The maximum atomic E-state index is 11.0. The standard InChI is InChI=1S/C13H18N2O2/c1-3-13(5-4-6-13)15-11-8-10(12(16)17)7-9(2)14-11/h7-8H,3-6H2,1-2H3,(H,14,15)(H,16,17). The molecule has 4 nitrogen and oxygen atoms in total. The van der Waals surface area contributed by atoms with Gasteiger partial charge in [0.1, 0.15) is 5.82 Å². The third kappa shape index (κ3) is 2.40. The maximum Gasteiger partial charge on any atom is 0.335 e. The van der Waals surface area contributed by atoms with Crippen LogP contribution >= 0.6 is 0 Å². The highest BCUT2D eigenvalue weighted by Gasteiger charge is 2.35. The monoisotopic (exact) mass is 234 g/mol. The van der Waals surface area contributed by atoms with Crippen LogP contribution in [0.2, 0.25) is 0 Å². The number of carboxylic acid groups (broad SMARTS) is 1. The van der Waals surface area contributed by atoms with E-state index in [1.54, 1.807) is 12.1 Å². The molecule has 0 aliphatic heterocycles. The lowest BCUT2D eigenvalue weighted by Gasteiger charge is -2.42. The van der Waals surface area contributed by atoms with E-state index in [1.807, 2.05) is 6.92 Å². The van der Waals surface area contributed by atoms with Gasteiger partial charge in [-0.1, -0.05) is 6.92 Å². The van der Waals surface area contributed by atoms with Gasteiger partial charge in [-0.3, -0.25) is 0 Å². The number of aryl methyl sites for hydroxylation is 1. The number of hydrogen-bond acceptors (Lipinski definition) is 3. The number of hydrogen-bond donors (Lipinski definition) is 2. The van der Waals surface area contributed by atoms with Crippen molar-refractivity contribution in [3.05, 3.63) is 23.4 Å². The predicted octanol–water partition coefficient (Wildman–Crippen LogP) is 2.83. The van der Waals surface area contributed by atoms with Crippen LogP contribution in [0.1, 0.15) is 48.7 Å². The molecule has 0 amide bonds. The van der Waals surface area contributed by atoms with Gasteiger partial charge in [0, 0.05) is 11.2 Å². The first-order chi connectivity index (χ1) is 8.04. The van der Waals surface area contributed by atoms with Crippen molar-refractivity contribution in [1.82, 2.24) is 4.98 Å². The topological polar surface area (TPSA) is 62.2 Å². The van der Waals surface area contributed by atoms with Crippen LogP contribution in [0.3, 0.4) is 0 Å². The van der Waals surface area contributed by atoms with E-state index in [0.29, 0.717) is 11.4 Å². The van der Waals surface area contributed by atoms with Crippen LogP contribution in [0.25, 0.3) is 0 Å². The number of nitrogens with zero attached hydrogens (tertiary/aromatic N) is 1. The molecule has 1 fully saturated rings. The Morgan fingerprint density at radius 3 is 2.71 bits per heavy atom. The zero-order valence-electron chi connectivity index (χ0n) is 10.3. The second-order valence-electron chi connectivity index (χ2n) is 4.80. The van der Waals surface area contributed by atoms with Crippen LogP contribution < -0.4 is 5.32 Å². The third-order valence-corrected chi connectivity index (χ3v) is 3.58. The average Bonchev–Trinajstić information content (AvgIpc) is 2.22. The van der Waals surface area contributed by atoms with E-state index in [1.165, 1.54) is 6.42 Å². The molecule has 1 aromatic heterocycles. The largest absolute Gasteiger partial charge is 0.478 e. The molecule has 1 saturated carbocycles. The fourth-order valence-electron chi connectivity index (χ4n) is 2.30. The lowest BCUT2D eigenvalue weighted by Crippen LogP contribution is -2.44. The molecule has 92 valence electrons. The lowest BCUT2D eigenvalue weighted by atomic mass is 9.75. The predicted molar refractivity (Wildman–Crippen MR) is 66.4 cm³/mol. The van der Waals surface area contributed by atoms with Gasteiger partial charge in [0.2, 0.25) is 0 Å². The molecule has 0 spiro atoms. The van der Waals surface area contributed by atoms with E-state index < -0.39 is 5.97 Å². The molecule has 1 aliphatic carbocycles. The summed E-state index contributed by atoms with van der Waals surface area (Å²) in [6.45, 7) is 3.97. The Labute approximate surface area is 101 Å². The van der Waals surface area contributed by atoms with Crippen molar-refractivity contribution < 1.29 is 9.90 Å². The number of aromatic nitrogens is 1. The number of anilines is 1. The van der Waals surface area contributed by atoms with Crippen LogP contribution in [0.5, 0.6) is 0 Å². The number of pyridine rings is 1. The molecule has 0 unspecified atom stereocenters. The fourth-order valence-corrected chi connectivity index (χ4v) is 2.30. The third-order valence-electron chi connectivity index (χ3n) is 3.58. The highest BCUT2D eigenvalue weighted by molar-refractivity contribution is 5.88. The Hall–Kier alpha value is -1.58. The van der Waals surface area contributed by atoms with Crippen LogP contribution in [0, 0.1) is 6.92 Å². The molecular weight excluding hydrogens is 216 g/mol. The van der Waals surface area contributed by atoms with Gasteiger partial charge in [0.05, 0.1) is 5.56 Å². The maximum absolute atomic E-state index is 11.0. The van der Waals surface area contributed by atoms with Gasteiger partial charge < -0.3 is 10.4 Å². The molecule has 0 radical (unpaired) electrons. The molecular formula is C13H18N2O2. The van der Waals surface area contributed by atoms with Crippen LogP contribution in [-0.4, -0.2) is 21.6 Å². The first-order valence-electron chi connectivity index (χ1n) is 6.05. The van der Waals surface area contributed by atoms with Crippen molar-refractivity contribution in [1.29, 1.82) is 0 Å². The summed E-state index contributed by atoms with van der Waals surface area (Å²) in [5, 5.41) is 12.4. The summed E-state index contributed by atoms with van der Waals surface area (Å²) < 4.78 is 0. The molecule has 2 rings (SSSR count). The van der Waals surface area contributed by atoms with Gasteiger partial charge in [0.15, 0.2) is 0 Å². The minimum Gasteiger partial charge on any atom is -0.478 e. The summed E-state index contributed by atoms with van der Waals surface area (Å²) in [7, 11) is 0. The van der Waals surface area contributed by atoms with Crippen LogP contribution in [-0.2, 0) is 0 Å². The number of carbonyl (C=O) groups is 1. The molecule has 2 N–H and O–H groups in total. The number of carboxylic acids is 1. The minimum atomic E-state index is -0.905. The summed E-state index contributed by atoms with van der Waals surface area (Å²) in [4.78, 5) is 15.3. The Morgan fingerprint density at radius 1 is 1.53 bits per heavy atom. The van der Waals surface area contributed by atoms with Crippen LogP contribution in [0.15, 0.2) is 12.1 Å². The molecule has 0 atom stereocenters. The van der Waals surface area contributed by atoms with Crippen LogP contribution in [0.4, 0.5) is 5.82 Å². The number of nitrogens with one attached hydrogen (secondary N) is 1. The Kier molecular flexibility index (Phi) is 3.05. The second-order valence-corrected chi connectivity index (χ2v) is 4.80. The van der Waals surface area contributed by atoms with Crippen molar-refractivity contribution in [3.8, 4) is 0 Å². The first-order valence-corrected chi connectivity index (χ1v) is 6.05. The summed E-state index contributed by atoms with van der Waals surface area (Å²) >= 11 is 0. The van der Waals surface area contributed by atoms with E-state index in [0.717, 1.165) is 25.0 Å². The van der Waals surface area contributed by atoms with E-state index in [-0.39, 0.29) is 5.54 Å². The van der Waals surface area contributed by atoms with Gasteiger partial charge in [0.25, 0.3) is 0 Å². The van der Waals surface area contributed by atoms with Gasteiger partial charge in [-0.25, -0.2) is 9.78 Å². The minimum absolute atomic E-state index is 0.135. The molecule has 1 aromatic rings. The van der Waals surface area contributed by atoms with E-state index in [9.17, 15) is 4.79 Å². The summed E-state index contributed by atoms with van der Waals surface area (Å²) in [6.07, 6.45) is 4.56. The van der Waals surface area contributed by atoms with Gasteiger partial charge in [-0.05, 0) is 44.7 Å².